The Bertz CT molecular complexity index is 540. The topological polar surface area (TPSA) is 59.2 Å². The highest BCUT2D eigenvalue weighted by Crippen LogP contribution is 2.36. The van der Waals surface area contributed by atoms with Crippen molar-refractivity contribution < 1.29 is 18.0 Å². The monoisotopic (exact) mass is 287 g/mol. The average Bonchev–Trinajstić information content (AvgIpc) is 2.66. The predicted molar refractivity (Wildman–Crippen MR) is 68.4 cm³/mol. The van der Waals surface area contributed by atoms with Gasteiger partial charge in [0.15, 0.2) is 0 Å². The number of carbonyl (C=O) groups is 1. The van der Waals surface area contributed by atoms with E-state index in [-0.39, 0.29) is 16.9 Å². The zero-order valence-electron chi connectivity index (χ0n) is 11.3. The van der Waals surface area contributed by atoms with Crippen LogP contribution in [0.2, 0.25) is 0 Å². The molecule has 2 N–H and O–H groups in total. The van der Waals surface area contributed by atoms with Crippen molar-refractivity contribution in [3.63, 3.8) is 0 Å². The molecule has 0 aromatic carbocycles. The third kappa shape index (κ3) is 2.57. The maximum atomic E-state index is 12.8. The van der Waals surface area contributed by atoms with Crippen molar-refractivity contribution in [2.24, 2.45) is 5.73 Å². The van der Waals surface area contributed by atoms with E-state index in [9.17, 15) is 18.0 Å². The molecule has 20 heavy (non-hydrogen) atoms. The molecule has 4 nitrogen and oxygen atoms in total. The van der Waals surface area contributed by atoms with Crippen LogP contribution in [0.25, 0.3) is 0 Å². The van der Waals surface area contributed by atoms with Crippen LogP contribution in [0.4, 0.5) is 19.0 Å². The van der Waals surface area contributed by atoms with E-state index in [1.54, 1.807) is 4.90 Å². The molecule has 0 saturated carbocycles. The first-order valence-electron chi connectivity index (χ1n) is 6.28. The van der Waals surface area contributed by atoms with Crippen molar-refractivity contribution >= 4 is 11.7 Å². The third-order valence-corrected chi connectivity index (χ3v) is 3.59. The van der Waals surface area contributed by atoms with Crippen molar-refractivity contribution in [2.75, 3.05) is 11.4 Å². The molecular weight excluding hydrogens is 271 g/mol. The zero-order valence-corrected chi connectivity index (χ0v) is 11.3. The Morgan fingerprint density at radius 2 is 2.05 bits per heavy atom. The quantitative estimate of drug-likeness (QED) is 0.909. The van der Waals surface area contributed by atoms with Crippen molar-refractivity contribution in [3.05, 3.63) is 23.4 Å². The molecule has 7 heteroatoms. The number of halogens is 3. The molecular formula is C13H16F3N3O. The van der Waals surface area contributed by atoms with Gasteiger partial charge in [-0.3, -0.25) is 4.79 Å². The van der Waals surface area contributed by atoms with E-state index in [0.717, 1.165) is 25.0 Å². The molecule has 110 valence electrons. The van der Waals surface area contributed by atoms with Crippen LogP contribution in [0.15, 0.2) is 12.1 Å². The van der Waals surface area contributed by atoms with Gasteiger partial charge in [0, 0.05) is 12.1 Å². The molecule has 1 fully saturated rings. The lowest BCUT2D eigenvalue weighted by Gasteiger charge is -2.34. The lowest BCUT2D eigenvalue weighted by atomic mass is 10.0. The third-order valence-electron chi connectivity index (χ3n) is 3.59. The number of anilines is 1. The van der Waals surface area contributed by atoms with Gasteiger partial charge in [-0.2, -0.15) is 13.2 Å². The molecule has 1 saturated heterocycles. The molecule has 0 spiro atoms. The number of amides is 1. The summed E-state index contributed by atoms with van der Waals surface area (Å²) in [6.07, 6.45) is -2.89. The average molecular weight is 287 g/mol. The number of hydrogen-bond donors (Lipinski definition) is 1. The molecule has 0 unspecified atom stereocenters. The van der Waals surface area contributed by atoms with Gasteiger partial charge in [0.25, 0.3) is 5.91 Å². The molecule has 0 radical (unpaired) electrons. The number of alkyl halides is 3. The zero-order chi connectivity index (χ0) is 15.1. The predicted octanol–water partition coefficient (Wildman–Crippen LogP) is 2.58. The number of rotatable bonds is 2. The van der Waals surface area contributed by atoms with Crippen LogP contribution in [0.1, 0.15) is 42.7 Å². The van der Waals surface area contributed by atoms with Gasteiger partial charge in [-0.1, -0.05) is 0 Å². The highest BCUT2D eigenvalue weighted by atomic mass is 19.4. The number of pyridine rings is 1. The molecule has 2 heterocycles. The second-order valence-electron chi connectivity index (χ2n) is 5.50. The van der Waals surface area contributed by atoms with E-state index in [4.69, 9.17) is 5.73 Å². The summed E-state index contributed by atoms with van der Waals surface area (Å²) in [6.45, 7) is 4.38. The molecule has 2 rings (SSSR count). The Morgan fingerprint density at radius 1 is 1.40 bits per heavy atom. The summed E-state index contributed by atoms with van der Waals surface area (Å²) in [5.41, 5.74) is 3.90. The van der Waals surface area contributed by atoms with Gasteiger partial charge in [-0.05, 0) is 38.8 Å². The summed E-state index contributed by atoms with van der Waals surface area (Å²) in [6, 6.07) is 1.88. The molecule has 0 aliphatic carbocycles. The van der Waals surface area contributed by atoms with Crippen LogP contribution < -0.4 is 10.6 Å². The van der Waals surface area contributed by atoms with Crippen molar-refractivity contribution in [2.45, 2.75) is 38.4 Å². The van der Waals surface area contributed by atoms with Crippen LogP contribution >= 0.6 is 0 Å². The first kappa shape index (κ1) is 14.6. The van der Waals surface area contributed by atoms with Gasteiger partial charge in [-0.25, -0.2) is 4.98 Å². The second kappa shape index (κ2) is 4.64. The lowest BCUT2D eigenvalue weighted by molar-refractivity contribution is -0.141. The summed E-state index contributed by atoms with van der Waals surface area (Å²) >= 11 is 0. The summed E-state index contributed by atoms with van der Waals surface area (Å²) < 4.78 is 38.3. The molecule has 1 amide bonds. The van der Waals surface area contributed by atoms with Crippen molar-refractivity contribution in [3.8, 4) is 0 Å². The van der Waals surface area contributed by atoms with Crippen LogP contribution in [0.5, 0.6) is 0 Å². The van der Waals surface area contributed by atoms with Crippen LogP contribution in [0.3, 0.4) is 0 Å². The van der Waals surface area contributed by atoms with E-state index in [1.165, 1.54) is 0 Å². The van der Waals surface area contributed by atoms with Crippen molar-refractivity contribution in [1.82, 2.24) is 4.98 Å². The van der Waals surface area contributed by atoms with E-state index >= 15 is 0 Å². The van der Waals surface area contributed by atoms with E-state index in [1.807, 2.05) is 13.8 Å². The maximum Gasteiger partial charge on any atom is 0.433 e. The Hall–Kier alpha value is -1.79. The highest BCUT2D eigenvalue weighted by molar-refractivity contribution is 5.98. The fourth-order valence-electron chi connectivity index (χ4n) is 2.50. The normalized spacial score (nSPS) is 18.4. The van der Waals surface area contributed by atoms with E-state index in [2.05, 4.69) is 4.98 Å². The highest BCUT2D eigenvalue weighted by Gasteiger charge is 2.38. The Labute approximate surface area is 114 Å². The van der Waals surface area contributed by atoms with Crippen LogP contribution in [-0.4, -0.2) is 23.0 Å². The molecule has 1 aliphatic heterocycles. The lowest BCUT2D eigenvalue weighted by Crippen LogP contribution is -2.40. The Balaban J connectivity index is 2.56. The fourth-order valence-corrected chi connectivity index (χ4v) is 2.50. The summed E-state index contributed by atoms with van der Waals surface area (Å²) in [7, 11) is 0. The summed E-state index contributed by atoms with van der Waals surface area (Å²) in [5, 5.41) is 0. The smallest absolute Gasteiger partial charge is 0.365 e. The molecule has 1 aromatic heterocycles. The summed E-state index contributed by atoms with van der Waals surface area (Å²) in [5.74, 6) is -0.751. The van der Waals surface area contributed by atoms with Gasteiger partial charge < -0.3 is 10.6 Å². The summed E-state index contributed by atoms with van der Waals surface area (Å²) in [4.78, 5) is 16.8. The number of primary amides is 1. The number of hydrogen-bond acceptors (Lipinski definition) is 3. The molecule has 1 aromatic rings. The van der Waals surface area contributed by atoms with Crippen LogP contribution in [0, 0.1) is 0 Å². The minimum absolute atomic E-state index is 0.0213. The van der Waals surface area contributed by atoms with Gasteiger partial charge >= 0.3 is 6.18 Å². The maximum absolute atomic E-state index is 12.8. The van der Waals surface area contributed by atoms with E-state index < -0.39 is 17.8 Å². The molecule has 0 atom stereocenters. The minimum atomic E-state index is -4.55. The Kier molecular flexibility index (Phi) is 3.39. The second-order valence-corrected chi connectivity index (χ2v) is 5.50. The SMILES string of the molecule is CC1(C)CCCN1c1nc(C(F)(F)F)ccc1C(N)=O. The van der Waals surface area contributed by atoms with Gasteiger partial charge in [0.05, 0.1) is 5.56 Å². The first-order chi connectivity index (χ1) is 9.13. The molecule has 0 bridgehead atoms. The van der Waals surface area contributed by atoms with Crippen LogP contribution in [-0.2, 0) is 6.18 Å². The molecule has 1 aliphatic rings. The largest absolute Gasteiger partial charge is 0.433 e. The van der Waals surface area contributed by atoms with Crippen molar-refractivity contribution in [1.29, 1.82) is 0 Å². The van der Waals surface area contributed by atoms with E-state index in [0.29, 0.717) is 6.54 Å². The number of aromatic nitrogens is 1. The number of nitrogens with two attached hydrogens (primary N) is 1. The first-order valence-corrected chi connectivity index (χ1v) is 6.28. The standard InChI is InChI=1S/C13H16F3N3O/c1-12(2)6-3-7-19(12)11-8(10(17)20)4-5-9(18-11)13(14,15)16/h4-5H,3,6-7H2,1-2H3,(H2,17,20). The Morgan fingerprint density at radius 3 is 2.50 bits per heavy atom. The van der Waals surface area contributed by atoms with Gasteiger partial charge in [0.2, 0.25) is 0 Å². The minimum Gasteiger partial charge on any atom is -0.365 e. The fraction of sp³-hybridized carbons (Fsp3) is 0.538. The number of nitrogens with zero attached hydrogens (tertiary/aromatic N) is 2. The number of carbonyl (C=O) groups excluding carboxylic acids is 1. The van der Waals surface area contributed by atoms with Gasteiger partial charge in [0.1, 0.15) is 11.5 Å². The van der Waals surface area contributed by atoms with Gasteiger partial charge in [-0.15, -0.1) is 0 Å².